The van der Waals surface area contributed by atoms with Crippen LogP contribution in [0.25, 0.3) is 0 Å². The SMILES string of the molecule is CC.Cc1ccc(Oc2ccc(I)cc2)cc1. The fourth-order valence-electron chi connectivity index (χ4n) is 1.25. The lowest BCUT2D eigenvalue weighted by Gasteiger charge is -2.05. The van der Waals surface area contributed by atoms with E-state index >= 15 is 0 Å². The van der Waals surface area contributed by atoms with Gasteiger partial charge in [-0.05, 0) is 65.9 Å². The molecule has 0 heterocycles. The number of aryl methyl sites for hydroxylation is 1. The van der Waals surface area contributed by atoms with Crippen LogP contribution in [0.15, 0.2) is 48.5 Å². The van der Waals surface area contributed by atoms with Gasteiger partial charge in [-0.3, -0.25) is 0 Å². The lowest BCUT2D eigenvalue weighted by Crippen LogP contribution is -1.83. The minimum Gasteiger partial charge on any atom is -0.457 e. The summed E-state index contributed by atoms with van der Waals surface area (Å²) in [6.07, 6.45) is 0. The topological polar surface area (TPSA) is 9.23 Å². The summed E-state index contributed by atoms with van der Waals surface area (Å²) in [5.74, 6) is 1.75. The quantitative estimate of drug-likeness (QED) is 0.664. The van der Waals surface area contributed by atoms with Gasteiger partial charge in [-0.15, -0.1) is 0 Å². The number of hydrogen-bond donors (Lipinski definition) is 0. The molecule has 0 aliphatic rings. The molecular formula is C15H17IO. The average molecular weight is 340 g/mol. The highest BCUT2D eigenvalue weighted by molar-refractivity contribution is 14.1. The predicted molar refractivity (Wildman–Crippen MR) is 81.8 cm³/mol. The third kappa shape index (κ3) is 4.77. The molecule has 0 saturated carbocycles. The molecule has 2 rings (SSSR count). The lowest BCUT2D eigenvalue weighted by molar-refractivity contribution is 0.482. The maximum Gasteiger partial charge on any atom is 0.127 e. The Morgan fingerprint density at radius 1 is 0.765 bits per heavy atom. The number of rotatable bonds is 2. The van der Waals surface area contributed by atoms with Gasteiger partial charge in [-0.1, -0.05) is 31.5 Å². The monoisotopic (exact) mass is 340 g/mol. The Kier molecular flexibility index (Phi) is 6.05. The number of hydrogen-bond acceptors (Lipinski definition) is 1. The van der Waals surface area contributed by atoms with E-state index in [1.807, 2.05) is 62.4 Å². The molecule has 2 aromatic rings. The van der Waals surface area contributed by atoms with Crippen molar-refractivity contribution < 1.29 is 4.74 Å². The Labute approximate surface area is 117 Å². The van der Waals surface area contributed by atoms with E-state index in [0.29, 0.717) is 0 Å². The molecule has 0 unspecified atom stereocenters. The molecular weight excluding hydrogens is 323 g/mol. The van der Waals surface area contributed by atoms with Crippen molar-refractivity contribution >= 4 is 22.6 Å². The van der Waals surface area contributed by atoms with Crippen molar-refractivity contribution in [1.29, 1.82) is 0 Å². The summed E-state index contributed by atoms with van der Waals surface area (Å²) in [5.41, 5.74) is 1.24. The Hall–Kier alpha value is -1.03. The van der Waals surface area contributed by atoms with Crippen LogP contribution in [0.4, 0.5) is 0 Å². The van der Waals surface area contributed by atoms with Crippen LogP contribution in [0.5, 0.6) is 11.5 Å². The Morgan fingerprint density at radius 2 is 1.18 bits per heavy atom. The molecule has 0 radical (unpaired) electrons. The van der Waals surface area contributed by atoms with E-state index in [4.69, 9.17) is 4.74 Å². The van der Waals surface area contributed by atoms with E-state index in [0.717, 1.165) is 11.5 Å². The standard InChI is InChI=1S/C13H11IO.C2H6/c1-10-2-6-12(7-3-10)15-13-8-4-11(14)5-9-13;1-2/h2-9H,1H3;1-2H3. The second-order valence-electron chi connectivity index (χ2n) is 3.37. The first-order chi connectivity index (χ1) is 8.24. The molecule has 90 valence electrons. The molecule has 0 saturated heterocycles. The van der Waals surface area contributed by atoms with Gasteiger partial charge in [0.15, 0.2) is 0 Å². The fraction of sp³-hybridized carbons (Fsp3) is 0.200. The molecule has 1 nitrogen and oxygen atoms in total. The van der Waals surface area contributed by atoms with E-state index in [2.05, 4.69) is 29.5 Å². The molecule has 0 amide bonds. The third-order valence-corrected chi connectivity index (χ3v) is 2.79. The number of benzene rings is 2. The highest BCUT2D eigenvalue weighted by Gasteiger charge is 1.96. The van der Waals surface area contributed by atoms with Gasteiger partial charge in [0, 0.05) is 3.57 Å². The Bertz CT molecular complexity index is 388. The molecule has 0 fully saturated rings. The van der Waals surface area contributed by atoms with Crippen LogP contribution < -0.4 is 4.74 Å². The molecule has 0 bridgehead atoms. The number of halogens is 1. The summed E-state index contributed by atoms with van der Waals surface area (Å²) >= 11 is 2.28. The van der Waals surface area contributed by atoms with Crippen molar-refractivity contribution in [3.05, 3.63) is 57.7 Å². The second-order valence-corrected chi connectivity index (χ2v) is 4.61. The third-order valence-electron chi connectivity index (χ3n) is 2.07. The van der Waals surface area contributed by atoms with Gasteiger partial charge < -0.3 is 4.74 Å². The highest BCUT2D eigenvalue weighted by Crippen LogP contribution is 2.22. The lowest BCUT2D eigenvalue weighted by atomic mass is 10.2. The van der Waals surface area contributed by atoms with Gasteiger partial charge in [0.2, 0.25) is 0 Å². The van der Waals surface area contributed by atoms with Crippen molar-refractivity contribution in [2.75, 3.05) is 0 Å². The van der Waals surface area contributed by atoms with E-state index in [1.54, 1.807) is 0 Å². The maximum absolute atomic E-state index is 5.68. The summed E-state index contributed by atoms with van der Waals surface area (Å²) in [4.78, 5) is 0. The molecule has 17 heavy (non-hydrogen) atoms. The highest BCUT2D eigenvalue weighted by atomic mass is 127. The summed E-state index contributed by atoms with van der Waals surface area (Å²) in [5, 5.41) is 0. The van der Waals surface area contributed by atoms with Crippen molar-refractivity contribution in [2.24, 2.45) is 0 Å². The second kappa shape index (κ2) is 7.33. The zero-order valence-corrected chi connectivity index (χ0v) is 12.6. The van der Waals surface area contributed by atoms with Gasteiger partial charge in [0.05, 0.1) is 0 Å². The summed E-state index contributed by atoms with van der Waals surface area (Å²) < 4.78 is 6.90. The minimum atomic E-state index is 0.874. The van der Waals surface area contributed by atoms with Crippen LogP contribution in [0, 0.1) is 10.5 Å². The summed E-state index contributed by atoms with van der Waals surface area (Å²) in [7, 11) is 0. The first-order valence-corrected chi connectivity index (χ1v) is 6.82. The molecule has 0 aliphatic heterocycles. The number of ether oxygens (including phenoxy) is 1. The largest absolute Gasteiger partial charge is 0.457 e. The molecule has 2 heteroatoms. The fourth-order valence-corrected chi connectivity index (χ4v) is 1.60. The Balaban J connectivity index is 0.000000686. The van der Waals surface area contributed by atoms with E-state index in [1.165, 1.54) is 9.13 Å². The van der Waals surface area contributed by atoms with Gasteiger partial charge >= 0.3 is 0 Å². The predicted octanol–water partition coefficient (Wildman–Crippen LogP) is 5.42. The minimum absolute atomic E-state index is 0.874. The zero-order chi connectivity index (χ0) is 12.7. The Morgan fingerprint density at radius 3 is 1.65 bits per heavy atom. The summed E-state index contributed by atoms with van der Waals surface area (Å²) in [6, 6.07) is 16.1. The molecule has 0 N–H and O–H groups in total. The van der Waals surface area contributed by atoms with Gasteiger partial charge in [0.1, 0.15) is 11.5 Å². The van der Waals surface area contributed by atoms with Crippen LogP contribution >= 0.6 is 22.6 Å². The zero-order valence-electron chi connectivity index (χ0n) is 10.4. The van der Waals surface area contributed by atoms with E-state index in [-0.39, 0.29) is 0 Å². The average Bonchev–Trinajstić information content (AvgIpc) is 2.37. The molecule has 0 spiro atoms. The maximum atomic E-state index is 5.68. The van der Waals surface area contributed by atoms with Gasteiger partial charge in [-0.25, -0.2) is 0 Å². The van der Waals surface area contributed by atoms with E-state index in [9.17, 15) is 0 Å². The van der Waals surface area contributed by atoms with Crippen molar-refractivity contribution in [3.63, 3.8) is 0 Å². The van der Waals surface area contributed by atoms with Crippen LogP contribution in [0.3, 0.4) is 0 Å². The molecule has 0 atom stereocenters. The van der Waals surface area contributed by atoms with Gasteiger partial charge in [-0.2, -0.15) is 0 Å². The summed E-state index contributed by atoms with van der Waals surface area (Å²) in [6.45, 7) is 6.06. The van der Waals surface area contributed by atoms with Crippen LogP contribution in [0.1, 0.15) is 19.4 Å². The van der Waals surface area contributed by atoms with Gasteiger partial charge in [0.25, 0.3) is 0 Å². The normalized spacial score (nSPS) is 9.18. The molecule has 0 aliphatic carbocycles. The van der Waals surface area contributed by atoms with Crippen molar-refractivity contribution in [3.8, 4) is 11.5 Å². The smallest absolute Gasteiger partial charge is 0.127 e. The van der Waals surface area contributed by atoms with Crippen molar-refractivity contribution in [1.82, 2.24) is 0 Å². The van der Waals surface area contributed by atoms with Crippen molar-refractivity contribution in [2.45, 2.75) is 20.8 Å². The van der Waals surface area contributed by atoms with Crippen LogP contribution in [-0.4, -0.2) is 0 Å². The van der Waals surface area contributed by atoms with E-state index < -0.39 is 0 Å². The molecule has 2 aromatic carbocycles. The van der Waals surface area contributed by atoms with Crippen LogP contribution in [0.2, 0.25) is 0 Å². The molecule has 0 aromatic heterocycles. The first kappa shape index (κ1) is 14.0. The first-order valence-electron chi connectivity index (χ1n) is 5.74. The van der Waals surface area contributed by atoms with Crippen LogP contribution in [-0.2, 0) is 0 Å².